The normalized spacial score (nSPS) is 16.3. The first-order chi connectivity index (χ1) is 21.6. The van der Waals surface area contributed by atoms with Gasteiger partial charge in [-0.3, -0.25) is 4.79 Å². The van der Waals surface area contributed by atoms with Gasteiger partial charge in [-0.15, -0.1) is 0 Å². The molecule has 0 aliphatic carbocycles. The van der Waals surface area contributed by atoms with Crippen molar-refractivity contribution < 1.29 is 9.22 Å². The van der Waals surface area contributed by atoms with E-state index in [1.165, 1.54) is 0 Å². The van der Waals surface area contributed by atoms with Crippen LogP contribution in [-0.2, 0) is 21.2 Å². The van der Waals surface area contributed by atoms with Crippen LogP contribution in [0, 0.1) is 5.41 Å². The van der Waals surface area contributed by atoms with Gasteiger partial charge in [-0.1, -0.05) is 144 Å². The molecule has 2 heterocycles. The Morgan fingerprint density at radius 1 is 0.844 bits per heavy atom. The summed E-state index contributed by atoms with van der Waals surface area (Å²) in [4.78, 5) is 20.7. The molecule has 1 atom stereocenters. The third-order valence-electron chi connectivity index (χ3n) is 8.50. The number of fused-ring (bicyclic) bond motifs is 1. The predicted octanol–water partition coefficient (Wildman–Crippen LogP) is 8.23. The van der Waals surface area contributed by atoms with Gasteiger partial charge in [0.25, 0.3) is 0 Å². The first-order valence-electron chi connectivity index (χ1n) is 15.6. The molecule has 2 radical (unpaired) electrons. The van der Waals surface area contributed by atoms with E-state index >= 15 is 0 Å². The Bertz CT molecular complexity index is 1700. The quantitative estimate of drug-likeness (QED) is 0.166. The fourth-order valence-corrected chi connectivity index (χ4v) is 7.37. The summed E-state index contributed by atoms with van der Waals surface area (Å²) < 4.78 is 9.54. The van der Waals surface area contributed by atoms with Gasteiger partial charge >= 0.3 is 0 Å². The van der Waals surface area contributed by atoms with E-state index in [4.69, 9.17) is 9.41 Å². The summed E-state index contributed by atoms with van der Waals surface area (Å²) in [6, 6.07) is 39.3. The van der Waals surface area contributed by atoms with Crippen LogP contribution in [0.4, 0.5) is 5.69 Å². The first-order valence-corrected chi connectivity index (χ1v) is 16.5. The Morgan fingerprint density at radius 3 is 2.00 bits per heavy atom. The van der Waals surface area contributed by atoms with Crippen molar-refractivity contribution in [1.82, 2.24) is 9.55 Å². The van der Waals surface area contributed by atoms with Gasteiger partial charge in [0.1, 0.15) is 5.60 Å². The third kappa shape index (κ3) is 6.05. The zero-order valence-electron chi connectivity index (χ0n) is 26.8. The van der Waals surface area contributed by atoms with E-state index in [0.29, 0.717) is 13.0 Å². The van der Waals surface area contributed by atoms with E-state index in [2.05, 4.69) is 106 Å². The molecule has 0 saturated carbocycles. The molecule has 0 saturated heterocycles. The second-order valence-corrected chi connectivity index (χ2v) is 15.6. The highest BCUT2D eigenvalue weighted by molar-refractivity contribution is 6.32. The maximum absolute atomic E-state index is 13.9. The number of imidazole rings is 1. The van der Waals surface area contributed by atoms with Crippen molar-refractivity contribution in [2.75, 3.05) is 11.4 Å². The van der Waals surface area contributed by atoms with Crippen LogP contribution in [0.25, 0.3) is 0 Å². The van der Waals surface area contributed by atoms with Crippen LogP contribution in [0.3, 0.4) is 0 Å². The van der Waals surface area contributed by atoms with Crippen LogP contribution in [0.1, 0.15) is 68.6 Å². The van der Waals surface area contributed by atoms with Gasteiger partial charge in [0.2, 0.25) is 15.7 Å². The second-order valence-electron chi connectivity index (χ2n) is 13.6. The summed E-state index contributed by atoms with van der Waals surface area (Å²) >= 11 is 0. The van der Waals surface area contributed by atoms with Gasteiger partial charge in [-0.05, 0) is 33.4 Å². The first kappa shape index (κ1) is 30.7. The van der Waals surface area contributed by atoms with Gasteiger partial charge in [0.15, 0.2) is 0 Å². The lowest BCUT2D eigenvalue weighted by atomic mass is 9.75. The lowest BCUT2D eigenvalue weighted by Gasteiger charge is -2.47. The van der Waals surface area contributed by atoms with E-state index in [1.807, 2.05) is 66.0 Å². The Kier molecular flexibility index (Phi) is 8.38. The molecule has 1 aliphatic heterocycles. The lowest BCUT2D eigenvalue weighted by molar-refractivity contribution is -0.118. The van der Waals surface area contributed by atoms with Crippen LogP contribution in [0.2, 0.25) is 5.04 Å². The molecule has 45 heavy (non-hydrogen) atoms. The van der Waals surface area contributed by atoms with E-state index in [1.54, 1.807) is 0 Å². The van der Waals surface area contributed by atoms with Crippen LogP contribution in [-0.4, -0.2) is 31.8 Å². The van der Waals surface area contributed by atoms with Crippen LogP contribution < -0.4 is 4.90 Å². The summed E-state index contributed by atoms with van der Waals surface area (Å²) in [5, 5.41) is -0.0456. The Morgan fingerprint density at radius 2 is 1.40 bits per heavy atom. The maximum Gasteiger partial charge on any atom is 0.238 e. The maximum atomic E-state index is 13.9. The summed E-state index contributed by atoms with van der Waals surface area (Å²) in [6.07, 6.45) is 4.28. The summed E-state index contributed by atoms with van der Waals surface area (Å²) in [5.74, 6) is 0.101. The number of carbonyl (C=O) groups excluding carboxylic acids is 1. The number of hydrogen-bond donors (Lipinski definition) is 0. The van der Waals surface area contributed by atoms with Gasteiger partial charge < -0.3 is 13.9 Å². The van der Waals surface area contributed by atoms with Crippen molar-refractivity contribution in [3.63, 3.8) is 0 Å². The molecule has 5 nitrogen and oxygen atoms in total. The number of benzene rings is 4. The van der Waals surface area contributed by atoms with Crippen molar-refractivity contribution >= 4 is 21.4 Å². The number of hydrogen-bond acceptors (Lipinski definition) is 3. The van der Waals surface area contributed by atoms with Crippen LogP contribution in [0.5, 0.6) is 0 Å². The number of aromatic nitrogens is 2. The van der Waals surface area contributed by atoms with E-state index in [-0.39, 0.29) is 32.2 Å². The SMILES string of the molecule is CC(C)(C)[Si]OC(c1ccccc1)(c1ccccc1)c1cncn1C1c2ccccc2N(C(=O)Cc2ccccc2)CC1(C)C. The number of para-hydroxylation sites is 1. The minimum Gasteiger partial charge on any atom is -0.399 e. The largest absolute Gasteiger partial charge is 0.399 e. The highest BCUT2D eigenvalue weighted by Gasteiger charge is 2.47. The monoisotopic (exact) mass is 611 g/mol. The number of nitrogens with zero attached hydrogens (tertiary/aromatic N) is 3. The topological polar surface area (TPSA) is 47.4 Å². The fourth-order valence-electron chi connectivity index (χ4n) is 6.57. The standard InChI is InChI=1S/C39H41N3O2Si/c1-37(2,3)45-44-39(30-19-11-7-12-20-30,31-21-13-8-14-22-31)34-26-40-28-42(34)36-32-23-15-16-24-33(32)41(27-38(36,4)5)35(43)25-29-17-9-6-10-18-29/h6-24,26,28,36H,25,27H2,1-5H3. The highest BCUT2D eigenvalue weighted by atomic mass is 28.2. The van der Waals surface area contributed by atoms with Crippen molar-refractivity contribution in [1.29, 1.82) is 0 Å². The summed E-state index contributed by atoms with van der Waals surface area (Å²) in [7, 11) is 0.221. The van der Waals surface area contributed by atoms with E-state index < -0.39 is 5.60 Å². The molecular weight excluding hydrogens is 571 g/mol. The second kappa shape index (κ2) is 12.3. The molecule has 6 rings (SSSR count). The van der Waals surface area contributed by atoms with Gasteiger partial charge in [-0.25, -0.2) is 4.98 Å². The predicted molar refractivity (Wildman–Crippen MR) is 182 cm³/mol. The highest BCUT2D eigenvalue weighted by Crippen LogP contribution is 2.50. The van der Waals surface area contributed by atoms with Gasteiger partial charge in [0.05, 0.1) is 30.7 Å². The van der Waals surface area contributed by atoms with Crippen molar-refractivity contribution in [2.24, 2.45) is 5.41 Å². The van der Waals surface area contributed by atoms with Crippen molar-refractivity contribution in [3.05, 3.63) is 156 Å². The smallest absolute Gasteiger partial charge is 0.238 e. The third-order valence-corrected chi connectivity index (χ3v) is 9.52. The van der Waals surface area contributed by atoms with Crippen LogP contribution in [0.15, 0.2) is 128 Å². The summed E-state index contributed by atoms with van der Waals surface area (Å²) in [5.41, 5.74) is 4.90. The number of rotatable bonds is 8. The molecule has 1 amide bonds. The lowest BCUT2D eigenvalue weighted by Crippen LogP contribution is -2.49. The Hall–Kier alpha value is -4.26. The Labute approximate surface area is 269 Å². The molecular formula is C39H41N3O2Si. The zero-order valence-corrected chi connectivity index (χ0v) is 27.8. The Balaban J connectivity index is 1.52. The minimum atomic E-state index is -0.907. The zero-order chi connectivity index (χ0) is 31.7. The molecule has 0 fully saturated rings. The van der Waals surface area contributed by atoms with E-state index in [0.717, 1.165) is 33.6 Å². The molecule has 1 aromatic heterocycles. The fraction of sp³-hybridized carbons (Fsp3) is 0.282. The number of carbonyl (C=O) groups is 1. The number of anilines is 1. The van der Waals surface area contributed by atoms with Gasteiger partial charge in [-0.2, -0.15) is 0 Å². The average molecular weight is 612 g/mol. The van der Waals surface area contributed by atoms with Crippen molar-refractivity contribution in [2.45, 2.75) is 57.7 Å². The summed E-state index contributed by atoms with van der Waals surface area (Å²) in [6.45, 7) is 11.7. The molecule has 1 unspecified atom stereocenters. The molecule has 0 spiro atoms. The number of amides is 1. The van der Waals surface area contributed by atoms with Crippen molar-refractivity contribution in [3.8, 4) is 0 Å². The molecule has 1 aliphatic rings. The van der Waals surface area contributed by atoms with E-state index in [9.17, 15) is 4.79 Å². The molecule has 4 aromatic carbocycles. The average Bonchev–Trinajstić information content (AvgIpc) is 3.51. The molecule has 5 aromatic rings. The minimum absolute atomic E-state index is 0.0456. The van der Waals surface area contributed by atoms with Crippen LogP contribution >= 0.6 is 0 Å². The molecule has 0 N–H and O–H groups in total. The molecule has 6 heteroatoms. The molecule has 0 bridgehead atoms. The molecule has 228 valence electrons. The van der Waals surface area contributed by atoms with Gasteiger partial charge in [0, 0.05) is 17.6 Å².